The molecule has 0 spiro atoms. The smallest absolute Gasteiger partial charge is 0.287 e. The van der Waals surface area contributed by atoms with Gasteiger partial charge in [-0.05, 0) is 13.0 Å². The van der Waals surface area contributed by atoms with Gasteiger partial charge in [0.25, 0.3) is 0 Å². The van der Waals surface area contributed by atoms with Crippen LogP contribution in [0.4, 0.5) is 30.7 Å². The normalized spacial score (nSPS) is 13.2. The largest absolute Gasteiger partial charge is 0.437 e. The van der Waals surface area contributed by atoms with Crippen molar-refractivity contribution < 1.29 is 35.5 Å². The van der Waals surface area contributed by atoms with Crippen molar-refractivity contribution in [3.63, 3.8) is 0 Å². The molecule has 0 amide bonds. The van der Waals surface area contributed by atoms with E-state index in [9.17, 15) is 35.5 Å². The number of alkyl halides is 7. The summed E-state index contributed by atoms with van der Waals surface area (Å²) in [5.41, 5.74) is -7.55. The molecule has 1 N–H and O–H groups in total. The Kier molecular flexibility index (Phi) is 4.19. The van der Waals surface area contributed by atoms with Crippen molar-refractivity contribution in [2.24, 2.45) is 0 Å². The summed E-state index contributed by atoms with van der Waals surface area (Å²) in [4.78, 5) is 12.0. The van der Waals surface area contributed by atoms with E-state index in [2.05, 4.69) is 5.10 Å². The number of aryl methyl sites for hydroxylation is 1. The van der Waals surface area contributed by atoms with Crippen LogP contribution < -0.4 is 0 Å². The minimum Gasteiger partial charge on any atom is -0.287 e. The summed E-state index contributed by atoms with van der Waals surface area (Å²) in [6, 6.07) is 5.80. The third-order valence-corrected chi connectivity index (χ3v) is 3.28. The number of carbonyl (C=O) groups is 1. The van der Waals surface area contributed by atoms with Crippen LogP contribution in [0.1, 0.15) is 27.3 Å². The summed E-state index contributed by atoms with van der Waals surface area (Å²) >= 11 is 0. The van der Waals surface area contributed by atoms with E-state index < -0.39 is 35.2 Å². The molecule has 0 atom stereocenters. The number of aromatic amines is 1. The number of carbonyl (C=O) groups excluding carboxylic acids is 1. The van der Waals surface area contributed by atoms with E-state index in [4.69, 9.17) is 0 Å². The van der Waals surface area contributed by atoms with Crippen LogP contribution in [0.15, 0.2) is 30.3 Å². The van der Waals surface area contributed by atoms with Crippen molar-refractivity contribution in [3.8, 4) is 0 Å². The molecule has 24 heavy (non-hydrogen) atoms. The van der Waals surface area contributed by atoms with Crippen LogP contribution >= 0.6 is 0 Å². The lowest BCUT2D eigenvalue weighted by Gasteiger charge is -2.28. The molecule has 0 saturated heterocycles. The Hall–Kier alpha value is -2.39. The van der Waals surface area contributed by atoms with Crippen LogP contribution in [0.3, 0.4) is 0 Å². The van der Waals surface area contributed by atoms with Gasteiger partial charge >= 0.3 is 18.0 Å². The maximum atomic E-state index is 13.8. The first-order valence-electron chi connectivity index (χ1n) is 6.37. The Morgan fingerprint density at radius 3 is 1.92 bits per heavy atom. The van der Waals surface area contributed by atoms with E-state index in [1.54, 1.807) is 6.92 Å². The van der Waals surface area contributed by atoms with E-state index in [1.807, 2.05) is 0 Å². The van der Waals surface area contributed by atoms with E-state index >= 15 is 0 Å². The van der Waals surface area contributed by atoms with Gasteiger partial charge in [0, 0.05) is 5.56 Å². The lowest BCUT2D eigenvalue weighted by molar-refractivity contribution is -0.350. The van der Waals surface area contributed by atoms with Crippen molar-refractivity contribution in [3.05, 3.63) is 52.8 Å². The van der Waals surface area contributed by atoms with Crippen molar-refractivity contribution in [1.29, 1.82) is 0 Å². The molecule has 0 aliphatic rings. The highest BCUT2D eigenvalue weighted by atomic mass is 19.4. The summed E-state index contributed by atoms with van der Waals surface area (Å²) in [5.74, 6) is -0.941. The van der Waals surface area contributed by atoms with Crippen LogP contribution in [-0.4, -0.2) is 28.3 Å². The van der Waals surface area contributed by atoms with Gasteiger partial charge in [-0.1, -0.05) is 29.8 Å². The highest BCUT2D eigenvalue weighted by Crippen LogP contribution is 2.52. The number of aromatic nitrogens is 2. The number of hydrogen-bond acceptors (Lipinski definition) is 2. The zero-order valence-electron chi connectivity index (χ0n) is 11.9. The van der Waals surface area contributed by atoms with Crippen LogP contribution in [0.5, 0.6) is 0 Å². The second-order valence-electron chi connectivity index (χ2n) is 5.02. The summed E-state index contributed by atoms with van der Waals surface area (Å²) in [6.45, 7) is 1.71. The van der Waals surface area contributed by atoms with Crippen LogP contribution in [0.25, 0.3) is 0 Å². The zero-order chi connectivity index (χ0) is 18.3. The second kappa shape index (κ2) is 5.60. The van der Waals surface area contributed by atoms with Gasteiger partial charge in [0.1, 0.15) is 5.69 Å². The lowest BCUT2D eigenvalue weighted by Crippen LogP contribution is -2.50. The van der Waals surface area contributed by atoms with Gasteiger partial charge in [-0.3, -0.25) is 9.89 Å². The fourth-order valence-corrected chi connectivity index (χ4v) is 1.93. The zero-order valence-corrected chi connectivity index (χ0v) is 11.9. The molecule has 0 fully saturated rings. The first kappa shape index (κ1) is 18.0. The van der Waals surface area contributed by atoms with Crippen molar-refractivity contribution in [1.82, 2.24) is 10.2 Å². The average Bonchev–Trinajstić information content (AvgIpc) is 2.94. The van der Waals surface area contributed by atoms with Gasteiger partial charge in [0.2, 0.25) is 5.78 Å². The standard InChI is InChI=1S/C14H9F7N2O/c1-7-2-4-8(5-3-7)11(24)9-6-10(23-22-9)12(15,13(16,17)18)14(19,20)21/h2-6H,1H3,(H,22,23). The minimum absolute atomic E-state index is 0.0119. The summed E-state index contributed by atoms with van der Waals surface area (Å²) in [5, 5.41) is 4.43. The number of H-pyrrole nitrogens is 1. The predicted octanol–water partition coefficient (Wildman–Crippen LogP) is 4.24. The van der Waals surface area contributed by atoms with Gasteiger partial charge in [0.05, 0.1) is 5.69 Å². The molecular formula is C14H9F7N2O. The molecule has 10 heteroatoms. The summed E-state index contributed by atoms with van der Waals surface area (Å²) in [6.07, 6.45) is -12.6. The van der Waals surface area contributed by atoms with E-state index in [0.717, 1.165) is 5.56 Å². The lowest BCUT2D eigenvalue weighted by atomic mass is 9.99. The van der Waals surface area contributed by atoms with E-state index in [0.29, 0.717) is 0 Å². The molecule has 1 heterocycles. The Morgan fingerprint density at radius 1 is 0.958 bits per heavy atom. The van der Waals surface area contributed by atoms with Crippen molar-refractivity contribution in [2.75, 3.05) is 0 Å². The first-order valence-corrected chi connectivity index (χ1v) is 6.37. The SMILES string of the molecule is Cc1ccc(C(=O)c2cc(C(F)(C(F)(F)F)C(F)(F)F)[nH]n2)cc1. The first-order chi connectivity index (χ1) is 10.9. The Morgan fingerprint density at radius 2 is 1.46 bits per heavy atom. The second-order valence-corrected chi connectivity index (χ2v) is 5.02. The molecule has 130 valence electrons. The molecule has 1 aromatic heterocycles. The quantitative estimate of drug-likeness (QED) is 0.662. The fourth-order valence-electron chi connectivity index (χ4n) is 1.93. The molecular weight excluding hydrogens is 345 g/mol. The van der Waals surface area contributed by atoms with E-state index in [-0.39, 0.29) is 11.6 Å². The molecule has 2 rings (SSSR count). The van der Waals surface area contributed by atoms with Crippen molar-refractivity contribution >= 4 is 5.78 Å². The number of ketones is 1. The van der Waals surface area contributed by atoms with Gasteiger partial charge < -0.3 is 0 Å². The Balaban J connectivity index is 2.45. The highest BCUT2D eigenvalue weighted by molar-refractivity contribution is 6.07. The van der Waals surface area contributed by atoms with Gasteiger partial charge in [-0.2, -0.15) is 31.4 Å². The molecule has 0 bridgehead atoms. The summed E-state index contributed by atoms with van der Waals surface area (Å²) in [7, 11) is 0. The number of nitrogens with one attached hydrogen (secondary N) is 1. The van der Waals surface area contributed by atoms with Crippen molar-refractivity contribution in [2.45, 2.75) is 24.9 Å². The monoisotopic (exact) mass is 354 g/mol. The third-order valence-electron chi connectivity index (χ3n) is 3.28. The van der Waals surface area contributed by atoms with Crippen LogP contribution in [0, 0.1) is 6.92 Å². The predicted molar refractivity (Wildman–Crippen MR) is 68.1 cm³/mol. The minimum atomic E-state index is -6.28. The van der Waals surface area contributed by atoms with E-state index in [1.165, 1.54) is 29.4 Å². The fraction of sp³-hybridized carbons (Fsp3) is 0.286. The number of benzene rings is 1. The van der Waals surface area contributed by atoms with Gasteiger partial charge in [-0.25, -0.2) is 4.39 Å². The molecule has 2 aromatic rings. The number of hydrogen-bond donors (Lipinski definition) is 1. The Bertz CT molecular complexity index is 730. The maximum Gasteiger partial charge on any atom is 0.437 e. The number of nitrogens with zero attached hydrogens (tertiary/aromatic N) is 1. The maximum absolute atomic E-state index is 13.8. The molecule has 3 nitrogen and oxygen atoms in total. The third kappa shape index (κ3) is 2.87. The van der Waals surface area contributed by atoms with Gasteiger partial charge in [-0.15, -0.1) is 0 Å². The topological polar surface area (TPSA) is 45.8 Å². The molecule has 0 saturated carbocycles. The molecule has 0 radical (unpaired) electrons. The van der Waals surface area contributed by atoms with Crippen LogP contribution in [-0.2, 0) is 5.67 Å². The molecule has 0 unspecified atom stereocenters. The number of rotatable bonds is 3. The summed E-state index contributed by atoms with van der Waals surface area (Å²) < 4.78 is 89.7. The average molecular weight is 354 g/mol. The van der Waals surface area contributed by atoms with Crippen LogP contribution in [0.2, 0.25) is 0 Å². The molecule has 0 aliphatic carbocycles. The number of halogens is 7. The highest BCUT2D eigenvalue weighted by Gasteiger charge is 2.74. The molecule has 1 aromatic carbocycles. The molecule has 0 aliphatic heterocycles. The Labute approximate surface area is 130 Å². The van der Waals surface area contributed by atoms with Gasteiger partial charge in [0.15, 0.2) is 0 Å².